The molecule has 3 aromatic rings. The molecule has 5 nitrogen and oxygen atoms in total. The summed E-state index contributed by atoms with van der Waals surface area (Å²) in [6, 6.07) is 23.1. The van der Waals surface area contributed by atoms with Crippen LogP contribution >= 0.6 is 0 Å². The van der Waals surface area contributed by atoms with Gasteiger partial charge in [0, 0.05) is 18.7 Å². The summed E-state index contributed by atoms with van der Waals surface area (Å²) in [6.07, 6.45) is 0.824. The molecule has 0 saturated carbocycles. The van der Waals surface area contributed by atoms with Gasteiger partial charge >= 0.3 is 0 Å². The minimum atomic E-state index is -0.320. The van der Waals surface area contributed by atoms with E-state index in [1.54, 1.807) is 13.2 Å². The van der Waals surface area contributed by atoms with E-state index in [2.05, 4.69) is 12.1 Å². The van der Waals surface area contributed by atoms with Crippen molar-refractivity contribution in [2.75, 3.05) is 18.6 Å². The highest BCUT2D eigenvalue weighted by atomic mass is 16.5. The van der Waals surface area contributed by atoms with Gasteiger partial charge in [0.05, 0.1) is 18.4 Å². The first-order chi connectivity index (χ1) is 15.6. The first kappa shape index (κ1) is 20.1. The Kier molecular flexibility index (Phi) is 5.02. The molecule has 160 valence electrons. The summed E-state index contributed by atoms with van der Waals surface area (Å²) < 4.78 is 5.56. The third kappa shape index (κ3) is 3.26. The topological polar surface area (TPSA) is 49.9 Å². The number of fused-ring (bicyclic) bond motifs is 1. The Balaban J connectivity index is 1.66. The number of methoxy groups -OCH3 is 1. The zero-order valence-electron chi connectivity index (χ0n) is 18.2. The van der Waals surface area contributed by atoms with Gasteiger partial charge in [0.15, 0.2) is 0 Å². The number of imide groups is 1. The SMILES string of the molecule is COc1ccccc1C1=C(N2CCc3ccccc3C2)C(=O)N(c2cccc(C)c2)C1=O. The van der Waals surface area contributed by atoms with Crippen molar-refractivity contribution >= 4 is 23.1 Å². The van der Waals surface area contributed by atoms with E-state index in [9.17, 15) is 9.59 Å². The molecule has 0 aliphatic carbocycles. The van der Waals surface area contributed by atoms with Crippen molar-refractivity contribution < 1.29 is 14.3 Å². The molecule has 3 aromatic carbocycles. The number of para-hydroxylation sites is 1. The molecule has 2 aliphatic heterocycles. The maximum atomic E-state index is 13.8. The smallest absolute Gasteiger partial charge is 0.282 e. The summed E-state index contributed by atoms with van der Waals surface area (Å²) in [4.78, 5) is 30.9. The molecule has 2 heterocycles. The number of benzene rings is 3. The molecule has 32 heavy (non-hydrogen) atoms. The summed E-state index contributed by atoms with van der Waals surface area (Å²) >= 11 is 0. The molecule has 5 heteroatoms. The van der Waals surface area contributed by atoms with E-state index in [4.69, 9.17) is 4.74 Å². The fraction of sp³-hybridized carbons (Fsp3) is 0.185. The largest absolute Gasteiger partial charge is 0.496 e. The Morgan fingerprint density at radius 3 is 2.38 bits per heavy atom. The Labute approximate surface area is 187 Å². The second-order valence-corrected chi connectivity index (χ2v) is 8.15. The summed E-state index contributed by atoms with van der Waals surface area (Å²) in [6.45, 7) is 3.21. The van der Waals surface area contributed by atoms with E-state index in [-0.39, 0.29) is 11.8 Å². The normalized spacial score (nSPS) is 15.9. The highest BCUT2D eigenvalue weighted by Crippen LogP contribution is 2.39. The number of nitrogens with zero attached hydrogens (tertiary/aromatic N) is 2. The number of aryl methyl sites for hydroxylation is 1. The molecular weight excluding hydrogens is 400 g/mol. The lowest BCUT2D eigenvalue weighted by atomic mass is 9.97. The van der Waals surface area contributed by atoms with Crippen LogP contribution in [-0.2, 0) is 22.6 Å². The van der Waals surface area contributed by atoms with Crippen molar-refractivity contribution in [3.05, 3.63) is 101 Å². The molecule has 0 unspecified atom stereocenters. The molecule has 0 aromatic heterocycles. The van der Waals surface area contributed by atoms with Crippen molar-refractivity contribution in [2.24, 2.45) is 0 Å². The number of ether oxygens (including phenoxy) is 1. The number of hydrogen-bond acceptors (Lipinski definition) is 4. The lowest BCUT2D eigenvalue weighted by Gasteiger charge is -2.31. The first-order valence-electron chi connectivity index (χ1n) is 10.7. The Morgan fingerprint density at radius 1 is 0.844 bits per heavy atom. The number of rotatable bonds is 4. The third-order valence-corrected chi connectivity index (χ3v) is 6.14. The Bertz CT molecular complexity index is 1260. The maximum absolute atomic E-state index is 13.8. The average Bonchev–Trinajstić information content (AvgIpc) is 3.08. The molecule has 0 bridgehead atoms. The van der Waals surface area contributed by atoms with Crippen LogP contribution in [0.15, 0.2) is 78.5 Å². The van der Waals surface area contributed by atoms with Gasteiger partial charge in [-0.25, -0.2) is 4.90 Å². The van der Waals surface area contributed by atoms with Crippen LogP contribution in [0.25, 0.3) is 5.57 Å². The number of hydrogen-bond donors (Lipinski definition) is 0. The van der Waals surface area contributed by atoms with Crippen LogP contribution in [0.4, 0.5) is 5.69 Å². The summed E-state index contributed by atoms with van der Waals surface area (Å²) in [7, 11) is 1.58. The van der Waals surface area contributed by atoms with Gasteiger partial charge in [0.25, 0.3) is 11.8 Å². The van der Waals surface area contributed by atoms with Crippen molar-refractivity contribution in [2.45, 2.75) is 19.9 Å². The predicted molar refractivity (Wildman–Crippen MR) is 124 cm³/mol. The number of carbonyl (C=O) groups is 2. The molecule has 2 aliphatic rings. The maximum Gasteiger partial charge on any atom is 0.282 e. The van der Waals surface area contributed by atoms with Crippen LogP contribution in [0, 0.1) is 6.92 Å². The van der Waals surface area contributed by atoms with E-state index in [1.807, 2.05) is 66.4 Å². The lowest BCUT2D eigenvalue weighted by Crippen LogP contribution is -2.37. The fourth-order valence-electron chi connectivity index (χ4n) is 4.59. The molecule has 0 spiro atoms. The van der Waals surface area contributed by atoms with Gasteiger partial charge in [-0.1, -0.05) is 54.6 Å². The molecule has 0 N–H and O–H groups in total. The van der Waals surface area contributed by atoms with Crippen LogP contribution in [0.2, 0.25) is 0 Å². The number of amides is 2. The zero-order chi connectivity index (χ0) is 22.2. The second-order valence-electron chi connectivity index (χ2n) is 8.15. The quantitative estimate of drug-likeness (QED) is 0.585. The Hall–Kier alpha value is -3.86. The van der Waals surface area contributed by atoms with Crippen LogP contribution in [0.3, 0.4) is 0 Å². The van der Waals surface area contributed by atoms with Crippen LogP contribution in [-0.4, -0.2) is 30.4 Å². The predicted octanol–water partition coefficient (Wildman–Crippen LogP) is 4.35. The third-order valence-electron chi connectivity index (χ3n) is 6.14. The summed E-state index contributed by atoms with van der Waals surface area (Å²) in [5.74, 6) is -0.0375. The highest BCUT2D eigenvalue weighted by Gasteiger charge is 2.43. The molecule has 5 rings (SSSR count). The van der Waals surface area contributed by atoms with Gasteiger partial charge in [-0.3, -0.25) is 9.59 Å². The van der Waals surface area contributed by atoms with Crippen LogP contribution in [0.5, 0.6) is 5.75 Å². The highest BCUT2D eigenvalue weighted by molar-refractivity contribution is 6.45. The number of anilines is 1. The van der Waals surface area contributed by atoms with Crippen molar-refractivity contribution in [3.63, 3.8) is 0 Å². The lowest BCUT2D eigenvalue weighted by molar-refractivity contribution is -0.120. The minimum Gasteiger partial charge on any atom is -0.496 e. The molecule has 2 amide bonds. The molecule has 0 radical (unpaired) electrons. The van der Waals surface area contributed by atoms with E-state index >= 15 is 0 Å². The standard InChI is InChI=1S/C27H24N2O3/c1-18-8-7-11-21(16-18)29-26(30)24(22-12-5-6-13-23(22)32-2)25(27(29)31)28-15-14-19-9-3-4-10-20(19)17-28/h3-13,16H,14-15,17H2,1-2H3. The van der Waals surface area contributed by atoms with Crippen molar-refractivity contribution in [1.29, 1.82) is 0 Å². The first-order valence-corrected chi connectivity index (χ1v) is 10.7. The Morgan fingerprint density at radius 2 is 1.59 bits per heavy atom. The fourth-order valence-corrected chi connectivity index (χ4v) is 4.59. The van der Waals surface area contributed by atoms with Crippen molar-refractivity contribution in [3.8, 4) is 5.75 Å². The van der Waals surface area contributed by atoms with Crippen LogP contribution in [0.1, 0.15) is 22.3 Å². The summed E-state index contributed by atoms with van der Waals surface area (Å²) in [5.41, 5.74) is 5.51. The van der Waals surface area contributed by atoms with E-state index in [0.29, 0.717) is 41.4 Å². The van der Waals surface area contributed by atoms with E-state index in [0.717, 1.165) is 12.0 Å². The molecular formula is C27H24N2O3. The average molecular weight is 425 g/mol. The summed E-state index contributed by atoms with van der Waals surface area (Å²) in [5, 5.41) is 0. The van der Waals surface area contributed by atoms with E-state index in [1.165, 1.54) is 16.0 Å². The van der Waals surface area contributed by atoms with Gasteiger partial charge in [0.2, 0.25) is 0 Å². The van der Waals surface area contributed by atoms with Gasteiger partial charge in [-0.05, 0) is 48.2 Å². The van der Waals surface area contributed by atoms with Crippen molar-refractivity contribution in [1.82, 2.24) is 4.90 Å². The van der Waals surface area contributed by atoms with Gasteiger partial charge in [0.1, 0.15) is 11.4 Å². The monoisotopic (exact) mass is 424 g/mol. The van der Waals surface area contributed by atoms with Gasteiger partial charge < -0.3 is 9.64 Å². The van der Waals surface area contributed by atoms with Gasteiger partial charge in [-0.15, -0.1) is 0 Å². The van der Waals surface area contributed by atoms with Gasteiger partial charge in [-0.2, -0.15) is 0 Å². The second kappa shape index (κ2) is 8.00. The van der Waals surface area contributed by atoms with Crippen LogP contribution < -0.4 is 9.64 Å². The van der Waals surface area contributed by atoms with E-state index < -0.39 is 0 Å². The minimum absolute atomic E-state index is 0.291. The zero-order valence-corrected chi connectivity index (χ0v) is 18.2. The molecule has 0 fully saturated rings. The number of carbonyl (C=O) groups excluding carboxylic acids is 2. The molecule has 0 saturated heterocycles. The molecule has 0 atom stereocenters.